The molecule has 1 aromatic rings. The maximum absolute atomic E-state index is 12.2. The van der Waals surface area contributed by atoms with Gasteiger partial charge in [0.25, 0.3) is 0 Å². The molecule has 2 heterocycles. The third-order valence-corrected chi connectivity index (χ3v) is 4.81. The lowest BCUT2D eigenvalue weighted by Crippen LogP contribution is -2.34. The van der Waals surface area contributed by atoms with E-state index in [0.717, 1.165) is 37.4 Å². The van der Waals surface area contributed by atoms with Crippen LogP contribution in [0.1, 0.15) is 50.2 Å². The molecular formula is C17H25N3O2. The smallest absolute Gasteiger partial charge is 0.313 e. The maximum atomic E-state index is 12.2. The van der Waals surface area contributed by atoms with E-state index in [0.29, 0.717) is 13.2 Å². The Labute approximate surface area is 132 Å². The Hall–Kier alpha value is -1.65. The van der Waals surface area contributed by atoms with Crippen molar-refractivity contribution in [3.05, 3.63) is 17.1 Å². The Kier molecular flexibility index (Phi) is 4.06. The van der Waals surface area contributed by atoms with Crippen molar-refractivity contribution in [3.8, 4) is 0 Å². The minimum Gasteiger partial charge on any atom is -0.466 e. The van der Waals surface area contributed by atoms with E-state index < -0.39 is 5.41 Å². The molecule has 3 rings (SSSR count). The fourth-order valence-corrected chi connectivity index (χ4v) is 3.57. The predicted octanol–water partition coefficient (Wildman–Crippen LogP) is 2.44. The molecule has 1 saturated heterocycles. The number of nitrogens with zero attached hydrogens (tertiary/aromatic N) is 3. The number of rotatable bonds is 3. The van der Waals surface area contributed by atoms with E-state index in [9.17, 15) is 4.79 Å². The number of fused-ring (bicyclic) bond motifs is 1. The minimum atomic E-state index is -0.420. The molecule has 0 radical (unpaired) electrons. The lowest BCUT2D eigenvalue weighted by molar-refractivity contribution is -0.153. The number of ether oxygens (including phenoxy) is 1. The Bertz CT molecular complexity index is 588. The van der Waals surface area contributed by atoms with E-state index in [-0.39, 0.29) is 5.97 Å². The predicted molar refractivity (Wildman–Crippen MR) is 85.0 cm³/mol. The van der Waals surface area contributed by atoms with E-state index in [4.69, 9.17) is 9.72 Å². The van der Waals surface area contributed by atoms with Gasteiger partial charge < -0.3 is 9.64 Å². The summed E-state index contributed by atoms with van der Waals surface area (Å²) < 4.78 is 5.25. The zero-order valence-corrected chi connectivity index (χ0v) is 13.8. The summed E-state index contributed by atoms with van der Waals surface area (Å²) >= 11 is 0. The van der Waals surface area contributed by atoms with Crippen LogP contribution in [-0.2, 0) is 22.4 Å². The molecule has 120 valence electrons. The molecule has 2 aliphatic rings. The molecule has 1 aromatic heterocycles. The third kappa shape index (κ3) is 2.69. The first-order valence-electron chi connectivity index (χ1n) is 8.32. The van der Waals surface area contributed by atoms with Crippen molar-refractivity contribution >= 4 is 11.8 Å². The SMILES string of the molecule is CCOC(=O)C1(C)CCN(c2nc(C)nc3c2CCCC3)C1. The Morgan fingerprint density at radius 1 is 1.32 bits per heavy atom. The van der Waals surface area contributed by atoms with Crippen molar-refractivity contribution in [3.63, 3.8) is 0 Å². The van der Waals surface area contributed by atoms with Gasteiger partial charge in [0, 0.05) is 24.3 Å². The van der Waals surface area contributed by atoms with Gasteiger partial charge in [0.05, 0.1) is 12.0 Å². The molecule has 5 nitrogen and oxygen atoms in total. The summed E-state index contributed by atoms with van der Waals surface area (Å²) in [5.41, 5.74) is 2.08. The van der Waals surface area contributed by atoms with Crippen LogP contribution in [0.15, 0.2) is 0 Å². The Balaban J connectivity index is 1.87. The van der Waals surface area contributed by atoms with Crippen molar-refractivity contribution in [1.82, 2.24) is 9.97 Å². The lowest BCUT2D eigenvalue weighted by atomic mass is 9.90. The average molecular weight is 303 g/mol. The Morgan fingerprint density at radius 2 is 2.09 bits per heavy atom. The fourth-order valence-electron chi connectivity index (χ4n) is 3.57. The highest BCUT2D eigenvalue weighted by Gasteiger charge is 2.42. The normalized spacial score (nSPS) is 24.2. The van der Waals surface area contributed by atoms with E-state index in [1.54, 1.807) is 0 Å². The molecule has 0 amide bonds. The molecule has 1 aliphatic heterocycles. The van der Waals surface area contributed by atoms with Gasteiger partial charge in [-0.2, -0.15) is 0 Å². The van der Waals surface area contributed by atoms with E-state index >= 15 is 0 Å². The number of esters is 1. The van der Waals surface area contributed by atoms with Gasteiger partial charge in [-0.1, -0.05) is 0 Å². The molecule has 0 N–H and O–H groups in total. The highest BCUT2D eigenvalue weighted by molar-refractivity contribution is 5.78. The van der Waals surface area contributed by atoms with Crippen molar-refractivity contribution in [2.45, 2.75) is 52.9 Å². The first-order valence-corrected chi connectivity index (χ1v) is 8.32. The molecule has 5 heteroatoms. The summed E-state index contributed by atoms with van der Waals surface area (Å²) in [5, 5.41) is 0. The van der Waals surface area contributed by atoms with E-state index in [2.05, 4.69) is 9.88 Å². The van der Waals surface area contributed by atoms with Crippen LogP contribution in [0.4, 0.5) is 5.82 Å². The van der Waals surface area contributed by atoms with E-state index in [1.807, 2.05) is 20.8 Å². The topological polar surface area (TPSA) is 55.3 Å². The summed E-state index contributed by atoms with van der Waals surface area (Å²) in [6.07, 6.45) is 5.34. The second kappa shape index (κ2) is 5.86. The second-order valence-electron chi connectivity index (χ2n) is 6.68. The standard InChI is InChI=1S/C17H25N3O2/c1-4-22-16(21)17(3)9-10-20(11-17)15-13-7-5-6-8-14(13)18-12(2)19-15/h4-11H2,1-3H3. The molecule has 0 spiro atoms. The summed E-state index contributed by atoms with van der Waals surface area (Å²) in [5.74, 6) is 1.80. The third-order valence-electron chi connectivity index (χ3n) is 4.81. The maximum Gasteiger partial charge on any atom is 0.313 e. The van der Waals surface area contributed by atoms with Gasteiger partial charge in [-0.05, 0) is 52.9 Å². The number of hydrogen-bond acceptors (Lipinski definition) is 5. The highest BCUT2D eigenvalue weighted by Crippen LogP contribution is 2.37. The van der Waals surface area contributed by atoms with E-state index in [1.165, 1.54) is 24.1 Å². The summed E-state index contributed by atoms with van der Waals surface area (Å²) in [4.78, 5) is 23.8. The number of carbonyl (C=O) groups excluding carboxylic acids is 1. The largest absolute Gasteiger partial charge is 0.466 e. The van der Waals surface area contributed by atoms with Crippen LogP contribution in [0.3, 0.4) is 0 Å². The summed E-state index contributed by atoms with van der Waals surface area (Å²) in [6, 6.07) is 0. The minimum absolute atomic E-state index is 0.0860. The number of anilines is 1. The van der Waals surface area contributed by atoms with Crippen molar-refractivity contribution < 1.29 is 9.53 Å². The van der Waals surface area contributed by atoms with Crippen LogP contribution in [-0.4, -0.2) is 35.6 Å². The molecule has 1 fully saturated rings. The highest BCUT2D eigenvalue weighted by atomic mass is 16.5. The summed E-state index contributed by atoms with van der Waals surface area (Å²) in [7, 11) is 0. The number of hydrogen-bond donors (Lipinski definition) is 0. The van der Waals surface area contributed by atoms with Gasteiger partial charge in [-0.25, -0.2) is 9.97 Å². The average Bonchev–Trinajstić information content (AvgIpc) is 2.90. The quantitative estimate of drug-likeness (QED) is 0.803. The Morgan fingerprint density at radius 3 is 2.86 bits per heavy atom. The van der Waals surface area contributed by atoms with Crippen LogP contribution in [0.5, 0.6) is 0 Å². The molecule has 22 heavy (non-hydrogen) atoms. The zero-order chi connectivity index (χ0) is 15.7. The van der Waals surface area contributed by atoms with Crippen molar-refractivity contribution in [1.29, 1.82) is 0 Å². The molecule has 0 saturated carbocycles. The first-order chi connectivity index (χ1) is 10.5. The fraction of sp³-hybridized carbons (Fsp3) is 0.706. The van der Waals surface area contributed by atoms with Crippen LogP contribution < -0.4 is 4.90 Å². The van der Waals surface area contributed by atoms with Gasteiger partial charge in [0.1, 0.15) is 11.6 Å². The lowest BCUT2D eigenvalue weighted by Gasteiger charge is -2.27. The van der Waals surface area contributed by atoms with Crippen LogP contribution >= 0.6 is 0 Å². The van der Waals surface area contributed by atoms with Gasteiger partial charge in [-0.3, -0.25) is 4.79 Å². The number of carbonyl (C=O) groups is 1. The van der Waals surface area contributed by atoms with Gasteiger partial charge in [-0.15, -0.1) is 0 Å². The monoisotopic (exact) mass is 303 g/mol. The molecule has 1 unspecified atom stereocenters. The summed E-state index contributed by atoms with van der Waals surface area (Å²) in [6.45, 7) is 7.81. The molecule has 1 aliphatic carbocycles. The van der Waals surface area contributed by atoms with Gasteiger partial charge in [0.15, 0.2) is 0 Å². The number of aromatic nitrogens is 2. The van der Waals surface area contributed by atoms with Crippen LogP contribution in [0, 0.1) is 12.3 Å². The first kappa shape index (κ1) is 15.3. The van der Waals surface area contributed by atoms with Crippen LogP contribution in [0.25, 0.3) is 0 Å². The zero-order valence-electron chi connectivity index (χ0n) is 13.8. The van der Waals surface area contributed by atoms with Crippen molar-refractivity contribution in [2.75, 3.05) is 24.6 Å². The van der Waals surface area contributed by atoms with Gasteiger partial charge in [0.2, 0.25) is 0 Å². The molecule has 0 bridgehead atoms. The second-order valence-corrected chi connectivity index (χ2v) is 6.68. The van der Waals surface area contributed by atoms with Crippen molar-refractivity contribution in [2.24, 2.45) is 5.41 Å². The molecular weight excluding hydrogens is 278 g/mol. The number of aryl methyl sites for hydroxylation is 2. The molecule has 0 aromatic carbocycles. The van der Waals surface area contributed by atoms with Gasteiger partial charge >= 0.3 is 5.97 Å². The van der Waals surface area contributed by atoms with Crippen LogP contribution in [0.2, 0.25) is 0 Å². The molecule has 1 atom stereocenters.